The number of aryl methyl sites for hydroxylation is 1. The minimum atomic E-state index is -3.47. The molecule has 0 aromatic carbocycles. The Morgan fingerprint density at radius 2 is 2.16 bits per heavy atom. The lowest BCUT2D eigenvalue weighted by atomic mass is 9.96. The normalized spacial score (nSPS) is 17.6. The molecule has 1 N–H and O–H groups in total. The zero-order valence-electron chi connectivity index (χ0n) is 17.7. The molecule has 5 heterocycles. The number of anilines is 1. The van der Waals surface area contributed by atoms with Gasteiger partial charge in [0.15, 0.2) is 5.65 Å². The Morgan fingerprint density at radius 3 is 2.94 bits per heavy atom. The SMILES string of the molecule is Cc1cnn2c(NCc3cccnc3)cc(C3CCCN(S(=O)(=O)c4cccs4)C3)nc12. The molecule has 1 fully saturated rings. The Labute approximate surface area is 191 Å². The molecule has 1 atom stereocenters. The summed E-state index contributed by atoms with van der Waals surface area (Å²) in [6.07, 6.45) is 7.08. The number of thiophene rings is 1. The highest BCUT2D eigenvalue weighted by molar-refractivity contribution is 7.91. The molecule has 8 nitrogen and oxygen atoms in total. The second kappa shape index (κ2) is 8.61. The van der Waals surface area contributed by atoms with Gasteiger partial charge in [-0.2, -0.15) is 13.9 Å². The Bertz CT molecular complexity index is 1320. The molecule has 5 rings (SSSR count). The van der Waals surface area contributed by atoms with Crippen molar-refractivity contribution >= 4 is 32.8 Å². The molecule has 166 valence electrons. The number of nitrogens with zero attached hydrogens (tertiary/aromatic N) is 5. The first kappa shape index (κ1) is 21.0. The predicted molar refractivity (Wildman–Crippen MR) is 124 cm³/mol. The number of rotatable bonds is 6. The molecule has 32 heavy (non-hydrogen) atoms. The molecule has 0 amide bonds. The summed E-state index contributed by atoms with van der Waals surface area (Å²) in [4.78, 5) is 9.05. The van der Waals surface area contributed by atoms with Crippen molar-refractivity contribution in [3.63, 3.8) is 0 Å². The van der Waals surface area contributed by atoms with Gasteiger partial charge in [-0.25, -0.2) is 13.4 Å². The van der Waals surface area contributed by atoms with E-state index in [1.165, 1.54) is 11.3 Å². The summed E-state index contributed by atoms with van der Waals surface area (Å²) < 4.78 is 29.9. The average molecular weight is 469 g/mol. The molecule has 1 unspecified atom stereocenters. The van der Waals surface area contributed by atoms with Gasteiger partial charge in [0.05, 0.1) is 11.9 Å². The van der Waals surface area contributed by atoms with Crippen molar-refractivity contribution in [1.82, 2.24) is 23.9 Å². The van der Waals surface area contributed by atoms with E-state index in [9.17, 15) is 8.42 Å². The Balaban J connectivity index is 1.45. The van der Waals surface area contributed by atoms with Crippen molar-refractivity contribution in [2.45, 2.75) is 36.4 Å². The van der Waals surface area contributed by atoms with Crippen molar-refractivity contribution < 1.29 is 8.42 Å². The molecular weight excluding hydrogens is 444 g/mol. The molecule has 0 bridgehead atoms. The number of pyridine rings is 1. The van der Waals surface area contributed by atoms with Crippen molar-refractivity contribution in [3.05, 3.63) is 71.1 Å². The lowest BCUT2D eigenvalue weighted by Gasteiger charge is -2.31. The Morgan fingerprint density at radius 1 is 1.25 bits per heavy atom. The molecular formula is C22H24N6O2S2. The summed E-state index contributed by atoms with van der Waals surface area (Å²) in [5.74, 6) is 0.858. The largest absolute Gasteiger partial charge is 0.366 e. The fourth-order valence-electron chi connectivity index (χ4n) is 4.06. The fourth-order valence-corrected chi connectivity index (χ4v) is 6.73. The molecule has 1 aliphatic heterocycles. The number of piperidine rings is 1. The molecule has 1 saturated heterocycles. The van der Waals surface area contributed by atoms with Crippen molar-refractivity contribution in [3.8, 4) is 0 Å². The molecule has 4 aromatic heterocycles. The van der Waals surface area contributed by atoms with Gasteiger partial charge in [-0.15, -0.1) is 11.3 Å². The maximum atomic E-state index is 13.1. The summed E-state index contributed by atoms with van der Waals surface area (Å²) >= 11 is 1.26. The smallest absolute Gasteiger partial charge is 0.252 e. The third-order valence-corrected chi connectivity index (χ3v) is 8.99. The molecule has 0 saturated carbocycles. The highest BCUT2D eigenvalue weighted by Gasteiger charge is 2.32. The highest BCUT2D eigenvalue weighted by Crippen LogP contribution is 2.32. The lowest BCUT2D eigenvalue weighted by molar-refractivity contribution is 0.313. The van der Waals surface area contributed by atoms with Crippen LogP contribution in [0, 0.1) is 6.92 Å². The van der Waals surface area contributed by atoms with Crippen LogP contribution in [0.2, 0.25) is 0 Å². The van der Waals surface area contributed by atoms with Gasteiger partial charge in [0.25, 0.3) is 10.0 Å². The van der Waals surface area contributed by atoms with Crippen LogP contribution in [-0.4, -0.2) is 45.4 Å². The maximum absolute atomic E-state index is 13.1. The molecule has 0 radical (unpaired) electrons. The van der Waals surface area contributed by atoms with Crippen molar-refractivity contribution in [1.29, 1.82) is 0 Å². The summed E-state index contributed by atoms with van der Waals surface area (Å²) in [6, 6.07) is 9.37. The highest BCUT2D eigenvalue weighted by atomic mass is 32.2. The van der Waals surface area contributed by atoms with E-state index in [1.807, 2.05) is 31.3 Å². The number of sulfonamides is 1. The Hall–Kier alpha value is -2.82. The van der Waals surface area contributed by atoms with E-state index >= 15 is 0 Å². The van der Waals surface area contributed by atoms with Gasteiger partial charge < -0.3 is 5.32 Å². The van der Waals surface area contributed by atoms with Crippen molar-refractivity contribution in [2.75, 3.05) is 18.4 Å². The van der Waals surface area contributed by atoms with Gasteiger partial charge in [0.1, 0.15) is 10.0 Å². The number of fused-ring (bicyclic) bond motifs is 1. The van der Waals surface area contributed by atoms with E-state index in [-0.39, 0.29) is 5.92 Å². The average Bonchev–Trinajstić information content (AvgIpc) is 3.49. The van der Waals surface area contributed by atoms with Crippen LogP contribution in [-0.2, 0) is 16.6 Å². The molecule has 0 aliphatic carbocycles. The maximum Gasteiger partial charge on any atom is 0.252 e. The molecule has 4 aromatic rings. The van der Waals surface area contributed by atoms with E-state index in [4.69, 9.17) is 4.98 Å². The van der Waals surface area contributed by atoms with E-state index in [0.29, 0.717) is 23.8 Å². The first-order valence-electron chi connectivity index (χ1n) is 10.5. The van der Waals surface area contributed by atoms with Crippen LogP contribution in [0.5, 0.6) is 0 Å². The Kier molecular flexibility index (Phi) is 5.66. The van der Waals surface area contributed by atoms with Crippen LogP contribution in [0.15, 0.2) is 58.5 Å². The zero-order chi connectivity index (χ0) is 22.1. The lowest BCUT2D eigenvalue weighted by Crippen LogP contribution is -2.39. The van der Waals surface area contributed by atoms with Crippen LogP contribution in [0.4, 0.5) is 5.82 Å². The van der Waals surface area contributed by atoms with Gasteiger partial charge in [-0.3, -0.25) is 4.98 Å². The minimum absolute atomic E-state index is 0.0247. The van der Waals surface area contributed by atoms with Crippen LogP contribution in [0.3, 0.4) is 0 Å². The topological polar surface area (TPSA) is 92.5 Å². The van der Waals surface area contributed by atoms with E-state index in [2.05, 4.69) is 15.4 Å². The monoisotopic (exact) mass is 468 g/mol. The summed E-state index contributed by atoms with van der Waals surface area (Å²) in [5, 5.41) is 9.72. The molecule has 1 aliphatic rings. The van der Waals surface area contributed by atoms with Crippen LogP contribution < -0.4 is 5.32 Å². The number of hydrogen-bond donors (Lipinski definition) is 1. The number of aromatic nitrogens is 4. The summed E-state index contributed by atoms with van der Waals surface area (Å²) in [5.41, 5.74) is 3.72. The summed E-state index contributed by atoms with van der Waals surface area (Å²) in [6.45, 7) is 3.56. The third kappa shape index (κ3) is 4.01. The van der Waals surface area contributed by atoms with Crippen LogP contribution in [0.1, 0.15) is 35.6 Å². The zero-order valence-corrected chi connectivity index (χ0v) is 19.3. The van der Waals surface area contributed by atoms with Gasteiger partial charge in [0.2, 0.25) is 0 Å². The van der Waals surface area contributed by atoms with Crippen LogP contribution >= 0.6 is 11.3 Å². The first-order chi connectivity index (χ1) is 15.5. The summed E-state index contributed by atoms with van der Waals surface area (Å²) in [7, 11) is -3.47. The van der Waals surface area contributed by atoms with Gasteiger partial charge in [0, 0.05) is 49.6 Å². The van der Waals surface area contributed by atoms with E-state index in [0.717, 1.165) is 41.1 Å². The standard InChI is InChI=1S/C22H24N6O2S2/c1-16-12-25-28-20(24-14-17-5-2-8-23-13-17)11-19(26-22(16)28)18-6-3-9-27(15-18)32(29,30)21-7-4-10-31-21/h2,4-5,7-8,10-13,18,24H,3,6,9,14-15H2,1H3. The molecule has 0 spiro atoms. The fraction of sp³-hybridized carbons (Fsp3) is 0.318. The van der Waals surface area contributed by atoms with Gasteiger partial charge in [-0.1, -0.05) is 12.1 Å². The van der Waals surface area contributed by atoms with Gasteiger partial charge >= 0.3 is 0 Å². The van der Waals surface area contributed by atoms with Gasteiger partial charge in [-0.05, 0) is 42.8 Å². The minimum Gasteiger partial charge on any atom is -0.366 e. The van der Waals surface area contributed by atoms with E-state index < -0.39 is 10.0 Å². The second-order valence-corrected chi connectivity index (χ2v) is 11.1. The van der Waals surface area contributed by atoms with E-state index in [1.54, 1.807) is 38.7 Å². The first-order valence-corrected chi connectivity index (χ1v) is 12.9. The van der Waals surface area contributed by atoms with Crippen LogP contribution in [0.25, 0.3) is 5.65 Å². The predicted octanol–water partition coefficient (Wildman–Crippen LogP) is 3.67. The van der Waals surface area contributed by atoms with Crippen molar-refractivity contribution in [2.24, 2.45) is 0 Å². The molecule has 10 heteroatoms. The quantitative estimate of drug-likeness (QED) is 0.464. The number of nitrogens with one attached hydrogen (secondary N) is 1. The second-order valence-electron chi connectivity index (χ2n) is 7.98. The third-order valence-electron chi connectivity index (χ3n) is 5.76. The number of hydrogen-bond acceptors (Lipinski definition) is 7.